The molecular weight excluding hydrogens is 230 g/mol. The second-order valence-electron chi connectivity index (χ2n) is 4.55. The molecule has 4 nitrogen and oxygen atoms in total. The molecule has 0 aliphatic heterocycles. The van der Waals surface area contributed by atoms with Crippen molar-refractivity contribution in [1.29, 1.82) is 0 Å². The maximum absolute atomic E-state index is 11.7. The van der Waals surface area contributed by atoms with E-state index in [4.69, 9.17) is 4.42 Å². The quantitative estimate of drug-likeness (QED) is 0.886. The van der Waals surface area contributed by atoms with Gasteiger partial charge in [-0.2, -0.15) is 0 Å². The van der Waals surface area contributed by atoms with Gasteiger partial charge < -0.3 is 9.52 Å². The fourth-order valence-corrected chi connectivity index (χ4v) is 2.17. The molecule has 0 spiro atoms. The summed E-state index contributed by atoms with van der Waals surface area (Å²) in [4.78, 5) is 11.7. The van der Waals surface area contributed by atoms with Gasteiger partial charge in [-0.1, -0.05) is 26.3 Å². The number of aliphatic hydroxyl groups excluding tert-OH is 1. The molecule has 1 N–H and O–H groups in total. The van der Waals surface area contributed by atoms with Gasteiger partial charge in [0.15, 0.2) is 5.58 Å². The van der Waals surface area contributed by atoms with Crippen molar-refractivity contribution in [2.75, 3.05) is 0 Å². The average Bonchev–Trinajstić information content (AvgIpc) is 2.66. The minimum Gasteiger partial charge on any atom is -0.408 e. The SMILES string of the molecule is CCCC(O)c1ccc2c(c1)oc(=O)n2CCC. The van der Waals surface area contributed by atoms with E-state index in [-0.39, 0.29) is 5.76 Å². The van der Waals surface area contributed by atoms with Gasteiger partial charge in [0.05, 0.1) is 11.6 Å². The molecule has 0 saturated heterocycles. The van der Waals surface area contributed by atoms with Crippen molar-refractivity contribution in [2.24, 2.45) is 0 Å². The fraction of sp³-hybridized carbons (Fsp3) is 0.500. The van der Waals surface area contributed by atoms with E-state index in [1.807, 2.05) is 26.0 Å². The summed E-state index contributed by atoms with van der Waals surface area (Å²) in [5, 5.41) is 9.93. The summed E-state index contributed by atoms with van der Waals surface area (Å²) in [5.74, 6) is -0.325. The van der Waals surface area contributed by atoms with Crippen LogP contribution >= 0.6 is 0 Å². The maximum atomic E-state index is 11.7. The summed E-state index contributed by atoms with van der Waals surface area (Å²) in [6.45, 7) is 4.70. The summed E-state index contributed by atoms with van der Waals surface area (Å²) >= 11 is 0. The molecule has 1 aromatic carbocycles. The molecule has 0 saturated carbocycles. The molecule has 0 radical (unpaired) electrons. The third kappa shape index (κ3) is 2.34. The molecule has 2 rings (SSSR count). The van der Waals surface area contributed by atoms with Crippen LogP contribution in [0.3, 0.4) is 0 Å². The first kappa shape index (κ1) is 12.9. The Morgan fingerprint density at radius 1 is 1.33 bits per heavy atom. The lowest BCUT2D eigenvalue weighted by atomic mass is 10.1. The first-order valence-corrected chi connectivity index (χ1v) is 6.48. The van der Waals surface area contributed by atoms with E-state index in [1.165, 1.54) is 0 Å². The molecule has 0 aliphatic carbocycles. The summed E-state index contributed by atoms with van der Waals surface area (Å²) in [5.41, 5.74) is 2.16. The Bertz CT molecular complexity index is 582. The number of oxazole rings is 1. The van der Waals surface area contributed by atoms with Gasteiger partial charge in [-0.3, -0.25) is 4.57 Å². The number of aryl methyl sites for hydroxylation is 1. The highest BCUT2D eigenvalue weighted by Gasteiger charge is 2.12. The number of aliphatic hydroxyl groups is 1. The summed E-state index contributed by atoms with van der Waals surface area (Å²) in [6, 6.07) is 5.48. The van der Waals surface area contributed by atoms with Crippen LogP contribution in [0.2, 0.25) is 0 Å². The first-order valence-electron chi connectivity index (χ1n) is 6.48. The number of rotatable bonds is 5. The van der Waals surface area contributed by atoms with Crippen LogP contribution in [-0.4, -0.2) is 9.67 Å². The zero-order chi connectivity index (χ0) is 13.1. The van der Waals surface area contributed by atoms with Gasteiger partial charge in [0.2, 0.25) is 0 Å². The van der Waals surface area contributed by atoms with Crippen LogP contribution in [0, 0.1) is 0 Å². The van der Waals surface area contributed by atoms with Gasteiger partial charge in [0.25, 0.3) is 0 Å². The van der Waals surface area contributed by atoms with Crippen LogP contribution in [0.4, 0.5) is 0 Å². The molecule has 4 heteroatoms. The van der Waals surface area contributed by atoms with Gasteiger partial charge in [-0.05, 0) is 30.5 Å². The van der Waals surface area contributed by atoms with Crippen molar-refractivity contribution in [2.45, 2.75) is 45.8 Å². The number of aromatic nitrogens is 1. The minimum atomic E-state index is -0.487. The summed E-state index contributed by atoms with van der Waals surface area (Å²) < 4.78 is 6.85. The van der Waals surface area contributed by atoms with Crippen molar-refractivity contribution in [1.82, 2.24) is 4.57 Å². The second-order valence-corrected chi connectivity index (χ2v) is 4.55. The largest absolute Gasteiger partial charge is 0.419 e. The van der Waals surface area contributed by atoms with E-state index in [2.05, 4.69) is 0 Å². The van der Waals surface area contributed by atoms with Crippen LogP contribution < -0.4 is 5.76 Å². The summed E-state index contributed by atoms with van der Waals surface area (Å²) in [6.07, 6.45) is 2.03. The van der Waals surface area contributed by atoms with Crippen LogP contribution in [0.1, 0.15) is 44.8 Å². The molecule has 1 heterocycles. The second kappa shape index (κ2) is 5.40. The lowest BCUT2D eigenvalue weighted by molar-refractivity contribution is 0.166. The van der Waals surface area contributed by atoms with E-state index >= 15 is 0 Å². The lowest BCUT2D eigenvalue weighted by Gasteiger charge is -2.09. The Morgan fingerprint density at radius 3 is 2.78 bits per heavy atom. The third-order valence-electron chi connectivity index (χ3n) is 3.09. The molecule has 18 heavy (non-hydrogen) atoms. The van der Waals surface area contributed by atoms with Crippen molar-refractivity contribution in [3.63, 3.8) is 0 Å². The van der Waals surface area contributed by atoms with E-state index in [0.717, 1.165) is 23.9 Å². The molecule has 1 aromatic heterocycles. The molecule has 1 unspecified atom stereocenters. The van der Waals surface area contributed by atoms with Crippen molar-refractivity contribution < 1.29 is 9.52 Å². The Hall–Kier alpha value is -1.55. The average molecular weight is 249 g/mol. The van der Waals surface area contributed by atoms with E-state index in [1.54, 1.807) is 10.6 Å². The van der Waals surface area contributed by atoms with Crippen LogP contribution in [-0.2, 0) is 6.54 Å². The van der Waals surface area contributed by atoms with E-state index in [0.29, 0.717) is 18.5 Å². The summed E-state index contributed by atoms with van der Waals surface area (Å²) in [7, 11) is 0. The highest BCUT2D eigenvalue weighted by Crippen LogP contribution is 2.23. The Balaban J connectivity index is 2.44. The fourth-order valence-electron chi connectivity index (χ4n) is 2.17. The number of benzene rings is 1. The molecule has 0 bridgehead atoms. The predicted octanol–water partition coefficient (Wildman–Crippen LogP) is 2.84. The number of fused-ring (bicyclic) bond motifs is 1. The maximum Gasteiger partial charge on any atom is 0.419 e. The molecule has 0 aliphatic rings. The van der Waals surface area contributed by atoms with Crippen LogP contribution in [0.15, 0.2) is 27.4 Å². The van der Waals surface area contributed by atoms with Crippen molar-refractivity contribution >= 4 is 11.1 Å². The topological polar surface area (TPSA) is 55.4 Å². The van der Waals surface area contributed by atoms with Crippen molar-refractivity contribution in [3.8, 4) is 0 Å². The Labute approximate surface area is 106 Å². The minimum absolute atomic E-state index is 0.325. The van der Waals surface area contributed by atoms with Gasteiger partial charge in [0, 0.05) is 6.54 Å². The van der Waals surface area contributed by atoms with Crippen LogP contribution in [0.5, 0.6) is 0 Å². The molecule has 0 fully saturated rings. The normalized spacial score (nSPS) is 13.1. The molecular formula is C14H19NO3. The van der Waals surface area contributed by atoms with Crippen molar-refractivity contribution in [3.05, 3.63) is 34.3 Å². The number of hydrogen-bond acceptors (Lipinski definition) is 3. The predicted molar refractivity (Wildman–Crippen MR) is 70.6 cm³/mol. The number of hydrogen-bond donors (Lipinski definition) is 1. The third-order valence-corrected chi connectivity index (χ3v) is 3.09. The molecule has 98 valence electrons. The first-order chi connectivity index (χ1) is 8.67. The number of nitrogens with zero attached hydrogens (tertiary/aromatic N) is 1. The molecule has 0 amide bonds. The van der Waals surface area contributed by atoms with Gasteiger partial charge in [0.1, 0.15) is 0 Å². The van der Waals surface area contributed by atoms with Crippen LogP contribution in [0.25, 0.3) is 11.1 Å². The zero-order valence-electron chi connectivity index (χ0n) is 10.8. The molecule has 2 aromatic rings. The zero-order valence-corrected chi connectivity index (χ0v) is 10.8. The monoisotopic (exact) mass is 249 g/mol. The molecule has 1 atom stereocenters. The van der Waals surface area contributed by atoms with Gasteiger partial charge in [-0.25, -0.2) is 4.79 Å². The lowest BCUT2D eigenvalue weighted by Crippen LogP contribution is -2.13. The van der Waals surface area contributed by atoms with Gasteiger partial charge in [-0.15, -0.1) is 0 Å². The smallest absolute Gasteiger partial charge is 0.408 e. The van der Waals surface area contributed by atoms with Gasteiger partial charge >= 0.3 is 5.76 Å². The Morgan fingerprint density at radius 2 is 2.11 bits per heavy atom. The highest BCUT2D eigenvalue weighted by atomic mass is 16.4. The van der Waals surface area contributed by atoms with E-state index < -0.39 is 6.10 Å². The highest BCUT2D eigenvalue weighted by molar-refractivity contribution is 5.73. The Kier molecular flexibility index (Phi) is 3.87. The van der Waals surface area contributed by atoms with E-state index in [9.17, 15) is 9.90 Å². The standard InChI is InChI=1S/C14H19NO3/c1-3-5-12(16)10-6-7-11-13(9-10)18-14(17)15(11)8-4-2/h6-7,9,12,16H,3-5,8H2,1-2H3.